The van der Waals surface area contributed by atoms with Crippen LogP contribution in [0, 0.1) is 6.92 Å². The summed E-state index contributed by atoms with van der Waals surface area (Å²) in [5, 5.41) is 8.46. The Hall–Kier alpha value is -2.57. The molecule has 0 unspecified atom stereocenters. The number of anilines is 2. The molecule has 1 aromatic heterocycles. The molecule has 0 aliphatic carbocycles. The van der Waals surface area contributed by atoms with E-state index in [4.69, 9.17) is 16.3 Å². The highest BCUT2D eigenvalue weighted by molar-refractivity contribution is 7.07. The van der Waals surface area contributed by atoms with Gasteiger partial charge in [-0.2, -0.15) is 4.57 Å². The van der Waals surface area contributed by atoms with Crippen molar-refractivity contribution in [2.75, 3.05) is 17.2 Å². The molecule has 3 aromatic rings. The van der Waals surface area contributed by atoms with Crippen LogP contribution in [0.5, 0.6) is 5.75 Å². The molecule has 212 valence electrons. The molecule has 0 atom stereocenters. The van der Waals surface area contributed by atoms with Crippen LogP contribution in [-0.2, 0) is 6.54 Å². The first-order valence-electron chi connectivity index (χ1n) is 14.6. The van der Waals surface area contributed by atoms with E-state index in [-0.39, 0.29) is 6.03 Å². The number of rotatable bonds is 18. The number of thiazole rings is 1. The predicted octanol–water partition coefficient (Wildman–Crippen LogP) is 9.77. The lowest BCUT2D eigenvalue weighted by Crippen LogP contribution is -2.34. The van der Waals surface area contributed by atoms with Crippen LogP contribution in [0.15, 0.2) is 53.4 Å². The van der Waals surface area contributed by atoms with Gasteiger partial charge in [0.2, 0.25) is 5.51 Å². The molecule has 0 spiro atoms. The van der Waals surface area contributed by atoms with Gasteiger partial charge in [0.15, 0.2) is 18.0 Å². The van der Waals surface area contributed by atoms with Crippen LogP contribution in [0.3, 0.4) is 0 Å². The summed E-state index contributed by atoms with van der Waals surface area (Å²) in [5.74, 6) is 0.524. The van der Waals surface area contributed by atoms with Crippen molar-refractivity contribution in [3.63, 3.8) is 0 Å². The molecule has 0 bridgehead atoms. The maximum atomic E-state index is 12.8. The quantitative estimate of drug-likeness (QED) is 0.118. The zero-order valence-corrected chi connectivity index (χ0v) is 25.2. The zero-order valence-electron chi connectivity index (χ0n) is 23.6. The summed E-state index contributed by atoms with van der Waals surface area (Å²) in [6.07, 6.45) is 15.6. The molecule has 0 aliphatic heterocycles. The Morgan fingerprint density at radius 1 is 0.897 bits per heavy atom. The number of halogens is 1. The number of nitrogens with one attached hydrogen (secondary N) is 2. The SMILES string of the molecule is CCCCCCCCCCCCCCOc1c(Cl)cccc1NC(=O)Nc1cccc(C[n+]2cscc2C)c1. The van der Waals surface area contributed by atoms with Crippen LogP contribution >= 0.6 is 22.9 Å². The van der Waals surface area contributed by atoms with Crippen LogP contribution < -0.4 is 19.9 Å². The summed E-state index contributed by atoms with van der Waals surface area (Å²) in [6.45, 7) is 5.70. The molecule has 3 rings (SSSR count). The van der Waals surface area contributed by atoms with Gasteiger partial charge in [-0.05, 0) is 30.7 Å². The third kappa shape index (κ3) is 11.6. The minimum Gasteiger partial charge on any atom is -0.490 e. The fourth-order valence-electron chi connectivity index (χ4n) is 4.62. The number of unbranched alkanes of at least 4 members (excludes halogenated alkanes) is 11. The monoisotopic (exact) mass is 570 g/mol. The topological polar surface area (TPSA) is 54.2 Å². The molecule has 1 heterocycles. The van der Waals surface area contributed by atoms with Gasteiger partial charge in [0.05, 0.1) is 22.7 Å². The number of aromatic nitrogens is 1. The summed E-state index contributed by atoms with van der Waals surface area (Å²) >= 11 is 8.11. The number of hydrogen-bond donors (Lipinski definition) is 2. The van der Waals surface area contributed by atoms with Crippen molar-refractivity contribution in [2.45, 2.75) is 97.4 Å². The molecule has 2 aromatic carbocycles. The molecule has 2 amide bonds. The van der Waals surface area contributed by atoms with E-state index in [1.807, 2.05) is 30.3 Å². The van der Waals surface area contributed by atoms with E-state index in [1.165, 1.54) is 69.9 Å². The predicted molar refractivity (Wildman–Crippen MR) is 165 cm³/mol. The molecule has 0 radical (unpaired) electrons. The third-order valence-corrected chi connectivity index (χ3v) is 8.03. The molecule has 5 nitrogen and oxygen atoms in total. The van der Waals surface area contributed by atoms with Gasteiger partial charge >= 0.3 is 6.03 Å². The first-order valence-corrected chi connectivity index (χ1v) is 15.9. The van der Waals surface area contributed by atoms with Gasteiger partial charge in [-0.1, -0.05) is 119 Å². The highest BCUT2D eigenvalue weighted by Crippen LogP contribution is 2.33. The van der Waals surface area contributed by atoms with Crippen molar-refractivity contribution in [1.29, 1.82) is 0 Å². The Balaban J connectivity index is 1.37. The van der Waals surface area contributed by atoms with Crippen LogP contribution in [0.25, 0.3) is 0 Å². The standard InChI is InChI=1S/C32H44ClN3O2S/c1-3-4-5-6-7-8-9-10-11-12-13-14-21-38-31-29(33)19-16-20-30(31)35-32(37)34-28-18-15-17-27(22-28)23-36-25-39-24-26(36)2/h15-20,22,24-25H,3-14,21,23H2,1-2H3,(H-,34,35,37)/p+1. The highest BCUT2D eigenvalue weighted by atomic mass is 35.5. The minimum atomic E-state index is -0.330. The second-order valence-corrected chi connectivity index (χ2v) is 11.4. The fourth-order valence-corrected chi connectivity index (χ4v) is 5.63. The number of nitrogens with zero attached hydrogens (tertiary/aromatic N) is 1. The Morgan fingerprint density at radius 3 is 2.23 bits per heavy atom. The van der Waals surface area contributed by atoms with Gasteiger partial charge < -0.3 is 15.4 Å². The van der Waals surface area contributed by atoms with Crippen LogP contribution in [0.4, 0.5) is 16.2 Å². The van der Waals surface area contributed by atoms with Crippen molar-refractivity contribution in [3.8, 4) is 5.75 Å². The van der Waals surface area contributed by atoms with Gasteiger partial charge in [0.1, 0.15) is 0 Å². The van der Waals surface area contributed by atoms with Gasteiger partial charge in [-0.3, -0.25) is 0 Å². The van der Waals surface area contributed by atoms with Crippen molar-refractivity contribution in [3.05, 3.63) is 69.6 Å². The number of urea groups is 1. The second kappa shape index (κ2) is 17.9. The van der Waals surface area contributed by atoms with E-state index in [0.717, 1.165) is 30.6 Å². The lowest BCUT2D eigenvalue weighted by atomic mass is 10.1. The summed E-state index contributed by atoms with van der Waals surface area (Å²) < 4.78 is 8.21. The summed E-state index contributed by atoms with van der Waals surface area (Å²) in [7, 11) is 0. The normalized spacial score (nSPS) is 10.9. The molecule has 2 N–H and O–H groups in total. The molecule has 0 saturated carbocycles. The Labute approximate surface area is 243 Å². The smallest absolute Gasteiger partial charge is 0.323 e. The van der Waals surface area contributed by atoms with Gasteiger partial charge in [-0.15, -0.1) is 0 Å². The van der Waals surface area contributed by atoms with E-state index in [1.54, 1.807) is 17.4 Å². The molecule has 39 heavy (non-hydrogen) atoms. The van der Waals surface area contributed by atoms with E-state index >= 15 is 0 Å². The summed E-state index contributed by atoms with van der Waals surface area (Å²) in [5.41, 5.74) is 5.74. The number of ether oxygens (including phenoxy) is 1. The average molecular weight is 571 g/mol. The number of hydrogen-bond acceptors (Lipinski definition) is 3. The molecule has 7 heteroatoms. The highest BCUT2D eigenvalue weighted by Gasteiger charge is 2.13. The fraction of sp³-hybridized carbons (Fsp3) is 0.500. The van der Waals surface area contributed by atoms with Crippen molar-refractivity contribution < 1.29 is 14.1 Å². The lowest BCUT2D eigenvalue weighted by molar-refractivity contribution is -0.689. The molecule has 0 fully saturated rings. The summed E-state index contributed by atoms with van der Waals surface area (Å²) in [4.78, 5) is 12.8. The Morgan fingerprint density at radius 2 is 1.56 bits per heavy atom. The number of carbonyl (C=O) groups is 1. The molecule has 0 saturated heterocycles. The summed E-state index contributed by atoms with van der Waals surface area (Å²) in [6, 6.07) is 13.0. The number of amides is 2. The molecular weight excluding hydrogens is 526 g/mol. The van der Waals surface area contributed by atoms with Crippen LogP contribution in [-0.4, -0.2) is 12.6 Å². The van der Waals surface area contributed by atoms with Crippen LogP contribution in [0.2, 0.25) is 5.02 Å². The number of benzene rings is 2. The van der Waals surface area contributed by atoms with E-state index < -0.39 is 0 Å². The van der Waals surface area contributed by atoms with E-state index in [2.05, 4.69) is 46.0 Å². The lowest BCUT2D eigenvalue weighted by Gasteiger charge is -2.15. The Bertz CT molecular complexity index is 1130. The van der Waals surface area contributed by atoms with Crippen molar-refractivity contribution in [1.82, 2.24) is 0 Å². The van der Waals surface area contributed by atoms with Crippen molar-refractivity contribution in [2.24, 2.45) is 0 Å². The van der Waals surface area contributed by atoms with E-state index in [9.17, 15) is 4.79 Å². The van der Waals surface area contributed by atoms with Crippen LogP contribution in [0.1, 0.15) is 95.2 Å². The maximum absolute atomic E-state index is 12.8. The first kappa shape index (κ1) is 31.0. The Kier molecular flexibility index (Phi) is 14.2. The number of carbonyl (C=O) groups excluding carboxylic acids is 1. The number of para-hydroxylation sites is 1. The van der Waals surface area contributed by atoms with Gasteiger partial charge in [-0.25, -0.2) is 4.79 Å². The first-order chi connectivity index (χ1) is 19.1. The molecular formula is C32H45ClN3O2S+. The van der Waals surface area contributed by atoms with Crippen molar-refractivity contribution >= 4 is 40.3 Å². The van der Waals surface area contributed by atoms with E-state index in [0.29, 0.717) is 23.1 Å². The minimum absolute atomic E-state index is 0.330. The third-order valence-electron chi connectivity index (χ3n) is 6.88. The van der Waals surface area contributed by atoms with Gasteiger partial charge in [0, 0.05) is 18.2 Å². The number of aryl methyl sites for hydroxylation is 1. The molecule has 0 aliphatic rings. The average Bonchev–Trinajstić information content (AvgIpc) is 3.32. The largest absolute Gasteiger partial charge is 0.490 e. The second-order valence-electron chi connectivity index (χ2n) is 10.3. The zero-order chi connectivity index (χ0) is 27.7. The van der Waals surface area contributed by atoms with Gasteiger partial charge in [0.25, 0.3) is 0 Å². The maximum Gasteiger partial charge on any atom is 0.323 e.